The van der Waals surface area contributed by atoms with Gasteiger partial charge >= 0.3 is 0 Å². The number of aromatic nitrogens is 2. The number of piperazine rings is 1. The molecule has 1 aliphatic rings. The molecule has 0 atom stereocenters. The summed E-state index contributed by atoms with van der Waals surface area (Å²) in [5.41, 5.74) is 7.68. The summed E-state index contributed by atoms with van der Waals surface area (Å²) in [7, 11) is 0. The van der Waals surface area contributed by atoms with Crippen LogP contribution in [-0.2, 0) is 11.3 Å². The molecule has 2 heterocycles. The average molecular weight is 326 g/mol. The molecule has 0 unspecified atom stereocenters. The first-order valence-electron chi connectivity index (χ1n) is 7.59. The van der Waals surface area contributed by atoms with Gasteiger partial charge in [-0.2, -0.15) is 0 Å². The van der Waals surface area contributed by atoms with E-state index >= 15 is 0 Å². The van der Waals surface area contributed by atoms with Crippen LogP contribution in [0.1, 0.15) is 16.1 Å². The summed E-state index contributed by atoms with van der Waals surface area (Å²) in [6, 6.07) is 7.72. The summed E-state index contributed by atoms with van der Waals surface area (Å²) < 4.78 is 0. The minimum absolute atomic E-state index is 0.0270. The van der Waals surface area contributed by atoms with Crippen LogP contribution < -0.4 is 21.3 Å². The zero-order valence-electron chi connectivity index (χ0n) is 13.0. The number of carbonyl (C=O) groups excluding carboxylic acids is 2. The Hall–Kier alpha value is -3.16. The van der Waals surface area contributed by atoms with E-state index in [1.165, 1.54) is 12.4 Å². The van der Waals surface area contributed by atoms with E-state index < -0.39 is 0 Å². The van der Waals surface area contributed by atoms with Crippen LogP contribution in [0.5, 0.6) is 0 Å². The first-order valence-corrected chi connectivity index (χ1v) is 7.59. The van der Waals surface area contributed by atoms with E-state index in [2.05, 4.69) is 20.6 Å². The average Bonchev–Trinajstić information content (AvgIpc) is 2.60. The van der Waals surface area contributed by atoms with Gasteiger partial charge in [0, 0.05) is 37.7 Å². The molecule has 8 nitrogen and oxygen atoms in total. The van der Waals surface area contributed by atoms with Gasteiger partial charge in [0.25, 0.3) is 5.91 Å². The second-order valence-corrected chi connectivity index (χ2v) is 5.41. The molecular weight excluding hydrogens is 308 g/mol. The van der Waals surface area contributed by atoms with Crippen molar-refractivity contribution < 1.29 is 9.59 Å². The fraction of sp³-hybridized carbons (Fsp3) is 0.250. The van der Waals surface area contributed by atoms with Gasteiger partial charge in [0.05, 0.1) is 6.54 Å². The van der Waals surface area contributed by atoms with Gasteiger partial charge in [-0.05, 0) is 17.7 Å². The van der Waals surface area contributed by atoms with Crippen LogP contribution in [-0.4, -0.2) is 41.4 Å². The number of amides is 2. The van der Waals surface area contributed by atoms with Gasteiger partial charge in [0.1, 0.15) is 0 Å². The van der Waals surface area contributed by atoms with Gasteiger partial charge in [0.15, 0.2) is 11.5 Å². The highest BCUT2D eigenvalue weighted by molar-refractivity contribution is 5.96. The van der Waals surface area contributed by atoms with E-state index in [4.69, 9.17) is 5.73 Å². The Bertz CT molecular complexity index is 746. The lowest BCUT2D eigenvalue weighted by Gasteiger charge is -2.28. The molecule has 1 aromatic heterocycles. The highest BCUT2D eigenvalue weighted by atomic mass is 16.2. The van der Waals surface area contributed by atoms with E-state index in [1.54, 1.807) is 0 Å². The van der Waals surface area contributed by atoms with Crippen molar-refractivity contribution in [2.45, 2.75) is 6.54 Å². The molecule has 1 aliphatic heterocycles. The Morgan fingerprint density at radius 1 is 1.25 bits per heavy atom. The molecule has 4 N–H and O–H groups in total. The highest BCUT2D eigenvalue weighted by Gasteiger charge is 2.16. The summed E-state index contributed by atoms with van der Waals surface area (Å²) in [4.78, 5) is 33.3. The van der Waals surface area contributed by atoms with Crippen molar-refractivity contribution in [3.05, 3.63) is 47.9 Å². The largest absolute Gasteiger partial charge is 0.382 e. The summed E-state index contributed by atoms with van der Waals surface area (Å²) in [6.45, 7) is 2.15. The minimum Gasteiger partial charge on any atom is -0.382 e. The fourth-order valence-electron chi connectivity index (χ4n) is 2.47. The lowest BCUT2D eigenvalue weighted by atomic mass is 10.1. The minimum atomic E-state index is -0.364. The molecular formula is C16H18N6O2. The topological polar surface area (TPSA) is 113 Å². The van der Waals surface area contributed by atoms with Crippen LogP contribution in [0.25, 0.3) is 0 Å². The van der Waals surface area contributed by atoms with Crippen molar-refractivity contribution >= 4 is 23.3 Å². The molecule has 0 aliphatic carbocycles. The third-order valence-corrected chi connectivity index (χ3v) is 3.73. The molecule has 2 amide bonds. The number of benzene rings is 1. The molecule has 1 saturated heterocycles. The molecule has 0 radical (unpaired) electrons. The highest BCUT2D eigenvalue weighted by Crippen LogP contribution is 2.16. The molecule has 0 bridgehead atoms. The van der Waals surface area contributed by atoms with Crippen molar-refractivity contribution in [2.24, 2.45) is 0 Å². The number of nitrogens with one attached hydrogen (secondary N) is 2. The number of carbonyl (C=O) groups is 2. The second-order valence-electron chi connectivity index (χ2n) is 5.41. The standard InChI is InChI=1S/C16H18N6O2/c17-15-14(19-5-6-20-15)16(24)21-9-11-1-3-12(4-2-11)22-8-7-18-13(23)10-22/h1-6H,7-10H2,(H2,17,20)(H,18,23)(H,21,24). The van der Waals surface area contributed by atoms with Gasteiger partial charge in [-0.1, -0.05) is 12.1 Å². The van der Waals surface area contributed by atoms with Gasteiger partial charge in [0.2, 0.25) is 5.91 Å². The van der Waals surface area contributed by atoms with Gasteiger partial charge in [-0.25, -0.2) is 9.97 Å². The van der Waals surface area contributed by atoms with E-state index in [9.17, 15) is 9.59 Å². The van der Waals surface area contributed by atoms with Gasteiger partial charge < -0.3 is 21.3 Å². The zero-order chi connectivity index (χ0) is 16.9. The SMILES string of the molecule is Nc1nccnc1C(=O)NCc1ccc(N2CCNC(=O)C2)cc1. The fourth-order valence-corrected chi connectivity index (χ4v) is 2.47. The smallest absolute Gasteiger partial charge is 0.273 e. The first-order chi connectivity index (χ1) is 11.6. The molecule has 2 aromatic rings. The third-order valence-electron chi connectivity index (χ3n) is 3.73. The van der Waals surface area contributed by atoms with Crippen LogP contribution in [0, 0.1) is 0 Å². The number of hydrogen-bond donors (Lipinski definition) is 3. The molecule has 1 fully saturated rings. The molecule has 0 saturated carbocycles. The predicted octanol–water partition coefficient (Wildman–Crippen LogP) is -0.0750. The molecule has 1 aromatic carbocycles. The summed E-state index contributed by atoms with van der Waals surface area (Å²) in [6.07, 6.45) is 2.86. The predicted molar refractivity (Wildman–Crippen MR) is 89.3 cm³/mol. The maximum atomic E-state index is 12.0. The molecule has 3 rings (SSSR count). The Kier molecular flexibility index (Phi) is 4.55. The van der Waals surface area contributed by atoms with Crippen molar-refractivity contribution in [1.29, 1.82) is 0 Å². The molecule has 0 spiro atoms. The number of hydrogen-bond acceptors (Lipinski definition) is 6. The number of nitrogens with zero attached hydrogens (tertiary/aromatic N) is 3. The Morgan fingerprint density at radius 3 is 2.71 bits per heavy atom. The number of rotatable bonds is 4. The Balaban J connectivity index is 1.59. The Morgan fingerprint density at radius 2 is 2.00 bits per heavy atom. The van der Waals surface area contributed by atoms with Crippen molar-refractivity contribution in [1.82, 2.24) is 20.6 Å². The van der Waals surface area contributed by atoms with Crippen molar-refractivity contribution in [3.63, 3.8) is 0 Å². The number of nitrogen functional groups attached to an aromatic ring is 1. The lowest BCUT2D eigenvalue weighted by Crippen LogP contribution is -2.47. The maximum Gasteiger partial charge on any atom is 0.273 e. The first kappa shape index (κ1) is 15.7. The molecule has 24 heavy (non-hydrogen) atoms. The van der Waals surface area contributed by atoms with Crippen LogP contribution in [0.3, 0.4) is 0 Å². The van der Waals surface area contributed by atoms with Gasteiger partial charge in [-0.3, -0.25) is 9.59 Å². The monoisotopic (exact) mass is 326 g/mol. The van der Waals surface area contributed by atoms with Crippen LogP contribution in [0.4, 0.5) is 11.5 Å². The summed E-state index contributed by atoms with van der Waals surface area (Å²) >= 11 is 0. The molecule has 124 valence electrons. The summed E-state index contributed by atoms with van der Waals surface area (Å²) in [5, 5.41) is 5.56. The van der Waals surface area contributed by atoms with Crippen molar-refractivity contribution in [2.75, 3.05) is 30.3 Å². The summed E-state index contributed by atoms with van der Waals surface area (Å²) in [5.74, 6) is -0.231. The zero-order valence-corrected chi connectivity index (χ0v) is 13.0. The van der Waals surface area contributed by atoms with E-state index in [0.717, 1.165) is 17.8 Å². The van der Waals surface area contributed by atoms with Crippen LogP contribution in [0.15, 0.2) is 36.7 Å². The molecule has 8 heteroatoms. The number of nitrogens with two attached hydrogens (primary N) is 1. The van der Waals surface area contributed by atoms with Gasteiger partial charge in [-0.15, -0.1) is 0 Å². The lowest BCUT2D eigenvalue weighted by molar-refractivity contribution is -0.120. The van der Waals surface area contributed by atoms with Crippen LogP contribution >= 0.6 is 0 Å². The Labute approximate surface area is 139 Å². The second kappa shape index (κ2) is 6.95. The van der Waals surface area contributed by atoms with E-state index in [-0.39, 0.29) is 23.3 Å². The third kappa shape index (κ3) is 3.60. The van der Waals surface area contributed by atoms with Crippen LogP contribution in [0.2, 0.25) is 0 Å². The van der Waals surface area contributed by atoms with E-state index in [1.807, 2.05) is 29.2 Å². The quantitative estimate of drug-likeness (QED) is 0.724. The maximum absolute atomic E-state index is 12.0. The van der Waals surface area contributed by atoms with Crippen molar-refractivity contribution in [3.8, 4) is 0 Å². The van der Waals surface area contributed by atoms with E-state index in [0.29, 0.717) is 19.6 Å². The normalized spacial score (nSPS) is 14.2. The number of anilines is 2.